The van der Waals surface area contributed by atoms with Gasteiger partial charge in [-0.05, 0) is 45.2 Å². The van der Waals surface area contributed by atoms with Crippen molar-refractivity contribution in [1.82, 2.24) is 10.2 Å². The topological polar surface area (TPSA) is 24.5 Å². The zero-order valence-electron chi connectivity index (χ0n) is 10.7. The summed E-state index contributed by atoms with van der Waals surface area (Å²) in [6.45, 7) is 4.19. The normalized spacial score (nSPS) is 21.6. The first-order valence-electron chi connectivity index (χ1n) is 6.31. The molecule has 0 aromatic carbocycles. The third-order valence-corrected chi connectivity index (χ3v) is 4.20. The van der Waals surface area contributed by atoms with Crippen LogP contribution in [0.1, 0.15) is 19.3 Å². The van der Waals surface area contributed by atoms with Crippen LogP contribution in [-0.4, -0.2) is 62.8 Å². The second kappa shape index (κ2) is 9.28. The van der Waals surface area contributed by atoms with Crippen molar-refractivity contribution in [2.24, 2.45) is 0 Å². The number of thioether (sulfide) groups is 1. The van der Waals surface area contributed by atoms with Crippen molar-refractivity contribution in [3.63, 3.8) is 0 Å². The number of hydrogen-bond acceptors (Lipinski definition) is 4. The lowest BCUT2D eigenvalue weighted by molar-refractivity contribution is 0.160. The maximum absolute atomic E-state index is 5.05. The zero-order chi connectivity index (χ0) is 11.6. The molecule has 0 radical (unpaired) electrons. The molecule has 16 heavy (non-hydrogen) atoms. The Labute approximate surface area is 104 Å². The van der Waals surface area contributed by atoms with Gasteiger partial charge in [-0.15, -0.1) is 0 Å². The van der Waals surface area contributed by atoms with Crippen molar-refractivity contribution < 1.29 is 4.74 Å². The van der Waals surface area contributed by atoms with Crippen molar-refractivity contribution >= 4 is 11.8 Å². The molecule has 0 saturated carbocycles. The molecule has 1 saturated heterocycles. The molecule has 1 heterocycles. The van der Waals surface area contributed by atoms with Crippen LogP contribution in [0.15, 0.2) is 0 Å². The third kappa shape index (κ3) is 6.74. The summed E-state index contributed by atoms with van der Waals surface area (Å²) in [6, 6.07) is 0.767. The monoisotopic (exact) mass is 246 g/mol. The lowest BCUT2D eigenvalue weighted by Crippen LogP contribution is -2.35. The fourth-order valence-corrected chi connectivity index (χ4v) is 3.02. The summed E-state index contributed by atoms with van der Waals surface area (Å²) in [5.41, 5.74) is 0. The summed E-state index contributed by atoms with van der Waals surface area (Å²) in [4.78, 5) is 2.33. The van der Waals surface area contributed by atoms with Crippen molar-refractivity contribution in [3.05, 3.63) is 0 Å². The smallest absolute Gasteiger partial charge is 0.0589 e. The lowest BCUT2D eigenvalue weighted by Gasteiger charge is -2.23. The molecular formula is C12H26N2OS. The Morgan fingerprint density at radius 3 is 3.00 bits per heavy atom. The molecule has 0 bridgehead atoms. The Morgan fingerprint density at radius 1 is 1.44 bits per heavy atom. The summed E-state index contributed by atoms with van der Waals surface area (Å²) < 4.78 is 5.05. The van der Waals surface area contributed by atoms with Gasteiger partial charge in [0.05, 0.1) is 6.61 Å². The van der Waals surface area contributed by atoms with Crippen LogP contribution >= 0.6 is 11.8 Å². The molecule has 1 unspecified atom stereocenters. The summed E-state index contributed by atoms with van der Waals surface area (Å²) in [6.07, 6.45) is 3.99. The summed E-state index contributed by atoms with van der Waals surface area (Å²) in [7, 11) is 3.92. The Hall–Kier alpha value is 0.230. The first kappa shape index (κ1) is 14.3. The maximum Gasteiger partial charge on any atom is 0.0589 e. The van der Waals surface area contributed by atoms with Gasteiger partial charge in [0.1, 0.15) is 0 Å². The van der Waals surface area contributed by atoms with E-state index >= 15 is 0 Å². The maximum atomic E-state index is 5.05. The molecule has 1 N–H and O–H groups in total. The molecule has 0 amide bonds. The van der Waals surface area contributed by atoms with Crippen molar-refractivity contribution in [3.8, 4) is 0 Å². The second-order valence-electron chi connectivity index (χ2n) is 4.52. The van der Waals surface area contributed by atoms with E-state index in [0.717, 1.165) is 32.3 Å². The molecule has 0 aromatic heterocycles. The molecule has 1 aliphatic heterocycles. The van der Waals surface area contributed by atoms with E-state index in [-0.39, 0.29) is 0 Å². The van der Waals surface area contributed by atoms with E-state index in [1.807, 2.05) is 0 Å². The van der Waals surface area contributed by atoms with Gasteiger partial charge in [0.15, 0.2) is 0 Å². The molecule has 0 spiro atoms. The van der Waals surface area contributed by atoms with Crippen LogP contribution in [0.25, 0.3) is 0 Å². The van der Waals surface area contributed by atoms with Gasteiger partial charge in [-0.25, -0.2) is 0 Å². The Balaban J connectivity index is 1.90. The van der Waals surface area contributed by atoms with E-state index in [1.165, 1.54) is 30.8 Å². The highest BCUT2D eigenvalue weighted by atomic mass is 32.2. The van der Waals surface area contributed by atoms with Gasteiger partial charge in [0.25, 0.3) is 0 Å². The van der Waals surface area contributed by atoms with E-state index < -0.39 is 0 Å². The highest BCUT2D eigenvalue weighted by molar-refractivity contribution is 7.99. The average Bonchev–Trinajstić information content (AvgIpc) is 2.33. The minimum Gasteiger partial charge on any atom is -0.383 e. The van der Waals surface area contributed by atoms with Crippen molar-refractivity contribution in [1.29, 1.82) is 0 Å². The fraction of sp³-hybridized carbons (Fsp3) is 1.00. The van der Waals surface area contributed by atoms with E-state index in [9.17, 15) is 0 Å². The van der Waals surface area contributed by atoms with Crippen molar-refractivity contribution in [2.45, 2.75) is 25.3 Å². The number of likely N-dealkylation sites (N-methyl/N-ethyl adjacent to an activating group) is 1. The number of methoxy groups -OCH3 is 1. The van der Waals surface area contributed by atoms with Crippen LogP contribution in [-0.2, 0) is 4.74 Å². The van der Waals surface area contributed by atoms with Gasteiger partial charge in [-0.1, -0.05) is 0 Å². The fourth-order valence-electron chi connectivity index (χ4n) is 1.92. The molecule has 1 aliphatic rings. The summed E-state index contributed by atoms with van der Waals surface area (Å²) in [5, 5.41) is 3.65. The van der Waals surface area contributed by atoms with Gasteiger partial charge >= 0.3 is 0 Å². The number of ether oxygens (including phenoxy) is 1. The molecule has 1 fully saturated rings. The van der Waals surface area contributed by atoms with Crippen LogP contribution < -0.4 is 5.32 Å². The van der Waals surface area contributed by atoms with Crippen molar-refractivity contribution in [2.75, 3.05) is 51.9 Å². The molecule has 96 valence electrons. The Kier molecular flexibility index (Phi) is 8.29. The van der Waals surface area contributed by atoms with E-state index in [0.29, 0.717) is 0 Å². The highest BCUT2D eigenvalue weighted by Gasteiger charge is 2.12. The first-order valence-corrected chi connectivity index (χ1v) is 7.47. The number of nitrogens with one attached hydrogen (secondary N) is 1. The standard InChI is InChI=1S/C12H26N2OS/c1-14(8-9-15-2)7-4-6-13-12-5-3-10-16-11-12/h12-13H,3-11H2,1-2H3. The van der Waals surface area contributed by atoms with E-state index in [2.05, 4.69) is 29.0 Å². The number of hydrogen-bond donors (Lipinski definition) is 1. The molecule has 4 heteroatoms. The lowest BCUT2D eigenvalue weighted by atomic mass is 10.2. The van der Waals surface area contributed by atoms with Crippen LogP contribution in [0.5, 0.6) is 0 Å². The predicted molar refractivity (Wildman–Crippen MR) is 72.3 cm³/mol. The molecular weight excluding hydrogens is 220 g/mol. The quantitative estimate of drug-likeness (QED) is 0.655. The highest BCUT2D eigenvalue weighted by Crippen LogP contribution is 2.16. The zero-order valence-corrected chi connectivity index (χ0v) is 11.5. The molecule has 1 rings (SSSR count). The SMILES string of the molecule is COCCN(C)CCCNC1CCCSC1. The summed E-state index contributed by atoms with van der Waals surface area (Å²) in [5.74, 6) is 2.66. The van der Waals surface area contributed by atoms with E-state index in [4.69, 9.17) is 4.74 Å². The largest absolute Gasteiger partial charge is 0.383 e. The van der Waals surface area contributed by atoms with Crippen LogP contribution in [0.2, 0.25) is 0 Å². The van der Waals surface area contributed by atoms with Gasteiger partial charge in [0.2, 0.25) is 0 Å². The molecule has 1 atom stereocenters. The first-order chi connectivity index (χ1) is 7.83. The Morgan fingerprint density at radius 2 is 2.31 bits per heavy atom. The van der Waals surface area contributed by atoms with Crippen LogP contribution in [0.4, 0.5) is 0 Å². The number of rotatable bonds is 8. The van der Waals surface area contributed by atoms with Gasteiger partial charge < -0.3 is 15.0 Å². The minimum atomic E-state index is 0.767. The predicted octanol–water partition coefficient (Wildman–Crippen LogP) is 1.44. The molecule has 0 aliphatic carbocycles. The van der Waals surface area contributed by atoms with Gasteiger partial charge in [-0.2, -0.15) is 11.8 Å². The van der Waals surface area contributed by atoms with Gasteiger partial charge in [-0.3, -0.25) is 0 Å². The van der Waals surface area contributed by atoms with E-state index in [1.54, 1.807) is 7.11 Å². The minimum absolute atomic E-state index is 0.767. The van der Waals surface area contributed by atoms with Gasteiger partial charge in [0, 0.05) is 25.4 Å². The van der Waals surface area contributed by atoms with Crippen LogP contribution in [0, 0.1) is 0 Å². The average molecular weight is 246 g/mol. The number of nitrogens with zero attached hydrogens (tertiary/aromatic N) is 1. The Bertz CT molecular complexity index is 163. The third-order valence-electron chi connectivity index (χ3n) is 2.99. The molecule has 3 nitrogen and oxygen atoms in total. The molecule has 0 aromatic rings. The summed E-state index contributed by atoms with van der Waals surface area (Å²) >= 11 is 2.09. The van der Waals surface area contributed by atoms with Crippen LogP contribution in [0.3, 0.4) is 0 Å². The second-order valence-corrected chi connectivity index (χ2v) is 5.67.